The van der Waals surface area contributed by atoms with Crippen LogP contribution in [0.1, 0.15) is 18.5 Å². The number of nitrogens with zero attached hydrogens (tertiary/aromatic N) is 1. The van der Waals surface area contributed by atoms with Crippen molar-refractivity contribution < 1.29 is 4.79 Å². The zero-order valence-corrected chi connectivity index (χ0v) is 11.0. The van der Waals surface area contributed by atoms with Crippen molar-refractivity contribution in [3.05, 3.63) is 48.6 Å². The standard InChI is InChI=1S/C13H16BrNO/c1-3-9-15(13(16)10-14)11(2)12-7-5-4-6-8-12/h3-8,11H,1,9-10H2,2H3/t11-/m0/s1. The molecule has 0 aromatic heterocycles. The lowest BCUT2D eigenvalue weighted by molar-refractivity contribution is -0.129. The van der Waals surface area contributed by atoms with Crippen molar-refractivity contribution in [2.45, 2.75) is 13.0 Å². The topological polar surface area (TPSA) is 20.3 Å². The average Bonchev–Trinajstić information content (AvgIpc) is 2.35. The molecule has 1 amide bonds. The van der Waals surface area contributed by atoms with Gasteiger partial charge in [0, 0.05) is 6.54 Å². The van der Waals surface area contributed by atoms with Crippen molar-refractivity contribution in [2.75, 3.05) is 11.9 Å². The van der Waals surface area contributed by atoms with Crippen molar-refractivity contribution in [2.24, 2.45) is 0 Å². The fraction of sp³-hybridized carbons (Fsp3) is 0.308. The van der Waals surface area contributed by atoms with Crippen LogP contribution in [0.15, 0.2) is 43.0 Å². The Kier molecular flexibility index (Phi) is 5.26. The summed E-state index contributed by atoms with van der Waals surface area (Å²) in [5.74, 6) is 0.0799. The third kappa shape index (κ3) is 3.20. The lowest BCUT2D eigenvalue weighted by Crippen LogP contribution is -2.34. The number of amides is 1. The molecule has 1 aromatic carbocycles. The summed E-state index contributed by atoms with van der Waals surface area (Å²) in [7, 11) is 0. The molecule has 0 unspecified atom stereocenters. The molecule has 0 radical (unpaired) electrons. The molecule has 0 N–H and O–H groups in total. The highest BCUT2D eigenvalue weighted by molar-refractivity contribution is 9.09. The molecule has 0 aliphatic carbocycles. The van der Waals surface area contributed by atoms with E-state index in [0.29, 0.717) is 11.9 Å². The predicted octanol–water partition coefficient (Wildman–Crippen LogP) is 3.16. The zero-order chi connectivity index (χ0) is 12.0. The number of benzene rings is 1. The minimum atomic E-state index is 0.0734. The van der Waals surface area contributed by atoms with Crippen LogP contribution in [-0.4, -0.2) is 22.7 Å². The third-order valence-electron chi connectivity index (χ3n) is 2.51. The van der Waals surface area contributed by atoms with E-state index in [0.717, 1.165) is 5.56 Å². The van der Waals surface area contributed by atoms with E-state index >= 15 is 0 Å². The number of halogens is 1. The van der Waals surface area contributed by atoms with Crippen LogP contribution in [0.25, 0.3) is 0 Å². The first-order valence-corrected chi connectivity index (χ1v) is 6.34. The quantitative estimate of drug-likeness (QED) is 0.600. The minimum absolute atomic E-state index is 0.0734. The average molecular weight is 282 g/mol. The second-order valence-corrected chi connectivity index (χ2v) is 4.12. The Morgan fingerprint density at radius 3 is 2.62 bits per heavy atom. The van der Waals surface area contributed by atoms with Gasteiger partial charge in [-0.25, -0.2) is 0 Å². The molecule has 0 spiro atoms. The molecule has 1 rings (SSSR count). The third-order valence-corrected chi connectivity index (χ3v) is 2.99. The van der Waals surface area contributed by atoms with Crippen molar-refractivity contribution in [3.8, 4) is 0 Å². The van der Waals surface area contributed by atoms with Crippen molar-refractivity contribution in [1.29, 1.82) is 0 Å². The smallest absolute Gasteiger partial charge is 0.234 e. The van der Waals surface area contributed by atoms with Gasteiger partial charge in [0.05, 0.1) is 11.4 Å². The monoisotopic (exact) mass is 281 g/mol. The normalized spacial score (nSPS) is 11.9. The molecule has 16 heavy (non-hydrogen) atoms. The van der Waals surface area contributed by atoms with Crippen LogP contribution < -0.4 is 0 Å². The molecule has 1 atom stereocenters. The van der Waals surface area contributed by atoms with E-state index in [2.05, 4.69) is 22.5 Å². The number of hydrogen-bond acceptors (Lipinski definition) is 1. The fourth-order valence-corrected chi connectivity index (χ4v) is 1.93. The molecule has 1 aromatic rings. The maximum atomic E-state index is 11.7. The van der Waals surface area contributed by atoms with Gasteiger partial charge in [-0.2, -0.15) is 0 Å². The number of alkyl halides is 1. The van der Waals surface area contributed by atoms with Crippen LogP contribution in [0.3, 0.4) is 0 Å². The first kappa shape index (κ1) is 13.0. The van der Waals surface area contributed by atoms with Crippen LogP contribution in [0, 0.1) is 0 Å². The first-order valence-electron chi connectivity index (χ1n) is 5.22. The van der Waals surface area contributed by atoms with E-state index in [9.17, 15) is 4.79 Å². The van der Waals surface area contributed by atoms with E-state index in [1.165, 1.54) is 0 Å². The second-order valence-electron chi connectivity index (χ2n) is 3.56. The van der Waals surface area contributed by atoms with Crippen molar-refractivity contribution in [1.82, 2.24) is 4.90 Å². The maximum absolute atomic E-state index is 11.7. The molecule has 0 aliphatic rings. The number of rotatable bonds is 5. The Labute approximate surface area is 105 Å². The maximum Gasteiger partial charge on any atom is 0.234 e. The van der Waals surface area contributed by atoms with Gasteiger partial charge >= 0.3 is 0 Å². The van der Waals surface area contributed by atoms with Gasteiger partial charge in [0.1, 0.15) is 0 Å². The van der Waals surface area contributed by atoms with Gasteiger partial charge in [0.15, 0.2) is 0 Å². The van der Waals surface area contributed by atoms with Gasteiger partial charge in [-0.15, -0.1) is 6.58 Å². The van der Waals surface area contributed by atoms with Crippen LogP contribution in [-0.2, 0) is 4.79 Å². The molecule has 0 fully saturated rings. The van der Waals surface area contributed by atoms with Crippen LogP contribution in [0.2, 0.25) is 0 Å². The van der Waals surface area contributed by atoms with E-state index < -0.39 is 0 Å². The highest BCUT2D eigenvalue weighted by atomic mass is 79.9. The number of carbonyl (C=O) groups is 1. The summed E-state index contributed by atoms with van der Waals surface area (Å²) in [6, 6.07) is 10.1. The van der Waals surface area contributed by atoms with E-state index in [1.807, 2.05) is 37.3 Å². The zero-order valence-electron chi connectivity index (χ0n) is 9.40. The van der Waals surface area contributed by atoms with E-state index in [4.69, 9.17) is 0 Å². The minimum Gasteiger partial charge on any atom is -0.332 e. The second kappa shape index (κ2) is 6.48. The number of carbonyl (C=O) groups excluding carboxylic acids is 1. The lowest BCUT2D eigenvalue weighted by Gasteiger charge is -2.28. The summed E-state index contributed by atoms with van der Waals surface area (Å²) in [5.41, 5.74) is 1.14. The molecule has 86 valence electrons. The van der Waals surface area contributed by atoms with Gasteiger partial charge in [-0.05, 0) is 12.5 Å². The Hall–Kier alpha value is -1.09. The Balaban J connectivity index is 2.86. The Bertz CT molecular complexity index is 350. The van der Waals surface area contributed by atoms with Gasteiger partial charge in [0.2, 0.25) is 5.91 Å². The van der Waals surface area contributed by atoms with E-state index in [-0.39, 0.29) is 11.9 Å². The van der Waals surface area contributed by atoms with Gasteiger partial charge in [-0.1, -0.05) is 52.3 Å². The summed E-state index contributed by atoms with van der Waals surface area (Å²) in [6.07, 6.45) is 1.75. The molecule has 0 bridgehead atoms. The molecule has 0 saturated carbocycles. The highest BCUT2D eigenvalue weighted by Crippen LogP contribution is 2.20. The molecule has 3 heteroatoms. The number of hydrogen-bond donors (Lipinski definition) is 0. The molecule has 2 nitrogen and oxygen atoms in total. The van der Waals surface area contributed by atoms with Crippen LogP contribution in [0.4, 0.5) is 0 Å². The molecule has 0 aliphatic heterocycles. The SMILES string of the molecule is C=CCN(C(=O)CBr)[C@@H](C)c1ccccc1. The summed E-state index contributed by atoms with van der Waals surface area (Å²) in [5, 5.41) is 0.345. The van der Waals surface area contributed by atoms with Gasteiger partial charge < -0.3 is 4.90 Å². The molecular formula is C13H16BrNO. The predicted molar refractivity (Wildman–Crippen MR) is 70.6 cm³/mol. The summed E-state index contributed by atoms with van der Waals surface area (Å²) in [4.78, 5) is 13.6. The molecule has 0 heterocycles. The van der Waals surface area contributed by atoms with Crippen LogP contribution in [0.5, 0.6) is 0 Å². The van der Waals surface area contributed by atoms with E-state index in [1.54, 1.807) is 11.0 Å². The fourth-order valence-electron chi connectivity index (χ4n) is 1.60. The summed E-state index contributed by atoms with van der Waals surface area (Å²) in [6.45, 7) is 6.28. The Morgan fingerprint density at radius 2 is 2.12 bits per heavy atom. The van der Waals surface area contributed by atoms with Crippen molar-refractivity contribution in [3.63, 3.8) is 0 Å². The largest absolute Gasteiger partial charge is 0.332 e. The highest BCUT2D eigenvalue weighted by Gasteiger charge is 2.18. The van der Waals surface area contributed by atoms with Crippen molar-refractivity contribution >= 4 is 21.8 Å². The molecule has 0 saturated heterocycles. The van der Waals surface area contributed by atoms with Gasteiger partial charge in [0.25, 0.3) is 0 Å². The summed E-state index contributed by atoms with van der Waals surface area (Å²) >= 11 is 3.20. The van der Waals surface area contributed by atoms with Crippen LogP contribution >= 0.6 is 15.9 Å². The molecular weight excluding hydrogens is 266 g/mol. The Morgan fingerprint density at radius 1 is 1.50 bits per heavy atom. The first-order chi connectivity index (χ1) is 7.70. The van der Waals surface area contributed by atoms with Gasteiger partial charge in [-0.3, -0.25) is 4.79 Å². The summed E-state index contributed by atoms with van der Waals surface area (Å²) < 4.78 is 0. The lowest BCUT2D eigenvalue weighted by atomic mass is 10.1.